The van der Waals surface area contributed by atoms with Gasteiger partial charge in [-0.05, 0) is 24.1 Å². The number of hydrogen-bond donors (Lipinski definition) is 1. The van der Waals surface area contributed by atoms with Crippen molar-refractivity contribution in [1.82, 2.24) is 0 Å². The summed E-state index contributed by atoms with van der Waals surface area (Å²) in [7, 11) is 1.47. The summed E-state index contributed by atoms with van der Waals surface area (Å²) in [4.78, 5) is 11.1. The van der Waals surface area contributed by atoms with Crippen molar-refractivity contribution in [3.05, 3.63) is 29.3 Å². The van der Waals surface area contributed by atoms with Gasteiger partial charge in [0, 0.05) is 6.61 Å². The van der Waals surface area contributed by atoms with Crippen molar-refractivity contribution >= 4 is 5.97 Å². The number of carboxylic acids is 1. The molecule has 1 N–H and O–H groups in total. The van der Waals surface area contributed by atoms with Gasteiger partial charge in [0.05, 0.1) is 13.7 Å². The second kappa shape index (κ2) is 10.2. The maximum absolute atomic E-state index is 11.1. The molecule has 1 aromatic carbocycles. The first kappa shape index (κ1) is 17.5. The first-order valence-electron chi connectivity index (χ1n) is 7.67. The van der Waals surface area contributed by atoms with Crippen LogP contribution >= 0.6 is 0 Å². The molecular formula is C17H26O4. The van der Waals surface area contributed by atoms with Crippen molar-refractivity contribution in [1.29, 1.82) is 0 Å². The van der Waals surface area contributed by atoms with Crippen LogP contribution in [0.5, 0.6) is 5.75 Å². The van der Waals surface area contributed by atoms with E-state index in [1.807, 2.05) is 6.07 Å². The topological polar surface area (TPSA) is 55.8 Å². The molecule has 0 unspecified atom stereocenters. The lowest BCUT2D eigenvalue weighted by Gasteiger charge is -2.08. The van der Waals surface area contributed by atoms with E-state index in [0.717, 1.165) is 18.6 Å². The average Bonchev–Trinajstić information content (AvgIpc) is 2.49. The summed E-state index contributed by atoms with van der Waals surface area (Å²) in [5.41, 5.74) is 1.04. The Morgan fingerprint density at radius 2 is 1.86 bits per heavy atom. The number of hydrogen-bond acceptors (Lipinski definition) is 3. The summed E-state index contributed by atoms with van der Waals surface area (Å²) in [5.74, 6) is -0.605. The highest BCUT2D eigenvalue weighted by Gasteiger charge is 2.11. The van der Waals surface area contributed by atoms with Crippen LogP contribution < -0.4 is 4.74 Å². The quantitative estimate of drug-likeness (QED) is 0.619. The maximum atomic E-state index is 11.1. The minimum absolute atomic E-state index is 0.179. The van der Waals surface area contributed by atoms with Crippen LogP contribution in [0, 0.1) is 0 Å². The van der Waals surface area contributed by atoms with Gasteiger partial charge in [-0.3, -0.25) is 0 Å². The van der Waals surface area contributed by atoms with Gasteiger partial charge in [-0.15, -0.1) is 0 Å². The molecule has 0 radical (unpaired) electrons. The molecule has 1 rings (SSSR count). The molecule has 0 amide bonds. The molecule has 0 aliphatic carbocycles. The number of rotatable bonds is 11. The molecule has 0 fully saturated rings. The highest BCUT2D eigenvalue weighted by Crippen LogP contribution is 2.20. The molecule has 0 atom stereocenters. The Morgan fingerprint density at radius 1 is 1.14 bits per heavy atom. The highest BCUT2D eigenvalue weighted by atomic mass is 16.5. The summed E-state index contributed by atoms with van der Waals surface area (Å²) < 4.78 is 10.6. The highest BCUT2D eigenvalue weighted by molar-refractivity contribution is 5.91. The van der Waals surface area contributed by atoms with E-state index in [2.05, 4.69) is 6.92 Å². The zero-order valence-corrected chi connectivity index (χ0v) is 13.1. The van der Waals surface area contributed by atoms with E-state index in [1.54, 1.807) is 12.1 Å². The predicted octanol–water partition coefficient (Wildman–Crippen LogP) is 4.27. The lowest BCUT2D eigenvalue weighted by atomic mass is 10.1. The Labute approximate surface area is 127 Å². The Kier molecular flexibility index (Phi) is 8.51. The minimum Gasteiger partial charge on any atom is -0.496 e. The lowest BCUT2D eigenvalue weighted by Crippen LogP contribution is -2.03. The Hall–Kier alpha value is -1.55. The van der Waals surface area contributed by atoms with Crippen LogP contribution in [0.25, 0.3) is 0 Å². The standard InChI is InChI=1S/C17H26O4/c1-3-4-5-6-7-8-11-21-13-14-9-10-16(20-2)15(12-14)17(18)19/h9-10,12H,3-8,11,13H2,1-2H3,(H,18,19). The third-order valence-electron chi connectivity index (χ3n) is 3.41. The molecule has 0 bridgehead atoms. The van der Waals surface area contributed by atoms with Crippen LogP contribution in [0.3, 0.4) is 0 Å². The van der Waals surface area contributed by atoms with Gasteiger partial charge in [0.2, 0.25) is 0 Å². The van der Waals surface area contributed by atoms with E-state index in [4.69, 9.17) is 14.6 Å². The van der Waals surface area contributed by atoms with Gasteiger partial charge in [0.1, 0.15) is 11.3 Å². The van der Waals surface area contributed by atoms with E-state index in [-0.39, 0.29) is 5.56 Å². The molecule has 21 heavy (non-hydrogen) atoms. The molecule has 0 spiro atoms. The van der Waals surface area contributed by atoms with Gasteiger partial charge in [-0.25, -0.2) is 4.79 Å². The molecule has 4 nitrogen and oxygen atoms in total. The van der Waals surface area contributed by atoms with Gasteiger partial charge in [0.25, 0.3) is 0 Å². The van der Waals surface area contributed by atoms with Crippen LogP contribution in [0.4, 0.5) is 0 Å². The largest absolute Gasteiger partial charge is 0.496 e. The van der Waals surface area contributed by atoms with Gasteiger partial charge < -0.3 is 14.6 Å². The maximum Gasteiger partial charge on any atom is 0.339 e. The number of methoxy groups -OCH3 is 1. The average molecular weight is 294 g/mol. The summed E-state index contributed by atoms with van der Waals surface area (Å²) in [6.45, 7) is 3.38. The Balaban J connectivity index is 2.29. The molecule has 0 saturated heterocycles. The van der Waals surface area contributed by atoms with E-state index < -0.39 is 5.97 Å². The third kappa shape index (κ3) is 6.63. The monoisotopic (exact) mass is 294 g/mol. The van der Waals surface area contributed by atoms with Crippen LogP contribution in [0.15, 0.2) is 18.2 Å². The lowest BCUT2D eigenvalue weighted by molar-refractivity contribution is 0.0692. The number of benzene rings is 1. The van der Waals surface area contributed by atoms with Crippen molar-refractivity contribution < 1.29 is 19.4 Å². The summed E-state index contributed by atoms with van der Waals surface area (Å²) >= 11 is 0. The fourth-order valence-electron chi connectivity index (χ4n) is 2.19. The first-order chi connectivity index (χ1) is 10.2. The second-order valence-corrected chi connectivity index (χ2v) is 5.16. The van der Waals surface area contributed by atoms with Gasteiger partial charge >= 0.3 is 5.97 Å². The molecular weight excluding hydrogens is 268 g/mol. The molecule has 0 aromatic heterocycles. The molecule has 0 aliphatic heterocycles. The zero-order valence-electron chi connectivity index (χ0n) is 13.1. The molecule has 1 aromatic rings. The Bertz CT molecular complexity index is 429. The molecule has 4 heteroatoms. The van der Waals surface area contributed by atoms with Gasteiger partial charge in [0.15, 0.2) is 0 Å². The van der Waals surface area contributed by atoms with Gasteiger partial charge in [-0.2, -0.15) is 0 Å². The smallest absolute Gasteiger partial charge is 0.339 e. The SMILES string of the molecule is CCCCCCCCOCc1ccc(OC)c(C(=O)O)c1. The second-order valence-electron chi connectivity index (χ2n) is 5.16. The van der Waals surface area contributed by atoms with E-state index in [1.165, 1.54) is 39.2 Å². The molecule has 118 valence electrons. The van der Waals surface area contributed by atoms with Crippen LogP contribution in [-0.2, 0) is 11.3 Å². The van der Waals surface area contributed by atoms with Gasteiger partial charge in [-0.1, -0.05) is 45.1 Å². The summed E-state index contributed by atoms with van der Waals surface area (Å²) in [6.07, 6.45) is 7.40. The molecule has 0 aliphatic rings. The summed E-state index contributed by atoms with van der Waals surface area (Å²) in [6, 6.07) is 5.13. The number of aromatic carboxylic acids is 1. The number of carbonyl (C=O) groups is 1. The normalized spacial score (nSPS) is 10.6. The fourth-order valence-corrected chi connectivity index (χ4v) is 2.19. The van der Waals surface area contributed by atoms with E-state index in [0.29, 0.717) is 12.4 Å². The number of carboxylic acid groups (broad SMARTS) is 1. The van der Waals surface area contributed by atoms with Crippen LogP contribution in [-0.4, -0.2) is 24.8 Å². The summed E-state index contributed by atoms with van der Waals surface area (Å²) in [5, 5.41) is 9.11. The van der Waals surface area contributed by atoms with Crippen molar-refractivity contribution in [2.24, 2.45) is 0 Å². The van der Waals surface area contributed by atoms with Crippen molar-refractivity contribution in [2.75, 3.05) is 13.7 Å². The Morgan fingerprint density at radius 3 is 2.52 bits per heavy atom. The predicted molar refractivity (Wildman–Crippen MR) is 83.0 cm³/mol. The van der Waals surface area contributed by atoms with Crippen molar-refractivity contribution in [3.8, 4) is 5.75 Å². The fraction of sp³-hybridized carbons (Fsp3) is 0.588. The minimum atomic E-state index is -0.982. The van der Waals surface area contributed by atoms with Crippen LogP contribution in [0.1, 0.15) is 61.4 Å². The zero-order chi connectivity index (χ0) is 15.5. The van der Waals surface area contributed by atoms with Crippen molar-refractivity contribution in [3.63, 3.8) is 0 Å². The van der Waals surface area contributed by atoms with Crippen LogP contribution in [0.2, 0.25) is 0 Å². The van der Waals surface area contributed by atoms with Crippen molar-refractivity contribution in [2.45, 2.75) is 52.1 Å². The van der Waals surface area contributed by atoms with E-state index >= 15 is 0 Å². The molecule has 0 saturated carbocycles. The van der Waals surface area contributed by atoms with E-state index in [9.17, 15) is 4.79 Å². The number of ether oxygens (including phenoxy) is 2. The number of unbranched alkanes of at least 4 members (excludes halogenated alkanes) is 5. The molecule has 0 heterocycles. The first-order valence-corrected chi connectivity index (χ1v) is 7.67. The third-order valence-corrected chi connectivity index (χ3v) is 3.41.